The van der Waals surface area contributed by atoms with Crippen LogP contribution in [0.3, 0.4) is 0 Å². The number of benzene rings is 5. The van der Waals surface area contributed by atoms with Crippen molar-refractivity contribution in [3.8, 4) is 11.5 Å². The molecular formula is C56H66O10. The number of carbonyl (C=O) groups excluding carboxylic acids is 4. The average molecular weight is 899 g/mol. The summed E-state index contributed by atoms with van der Waals surface area (Å²) in [5, 5.41) is 0. The third-order valence-corrected chi connectivity index (χ3v) is 10.7. The summed E-state index contributed by atoms with van der Waals surface area (Å²) in [7, 11) is 0. The van der Waals surface area contributed by atoms with Gasteiger partial charge >= 0.3 is 24.2 Å². The van der Waals surface area contributed by atoms with Gasteiger partial charge in [0.1, 0.15) is 33.9 Å². The van der Waals surface area contributed by atoms with Crippen LogP contribution >= 0.6 is 0 Å². The van der Waals surface area contributed by atoms with Gasteiger partial charge in [-0.15, -0.1) is 0 Å². The summed E-state index contributed by atoms with van der Waals surface area (Å²) in [6.45, 7) is 26.0. The number of hydrogen-bond donors (Lipinski definition) is 0. The summed E-state index contributed by atoms with van der Waals surface area (Å²) in [6, 6.07) is 39.1. The maximum atomic E-state index is 12.8. The van der Waals surface area contributed by atoms with E-state index in [2.05, 4.69) is 32.0 Å². The molecule has 0 saturated heterocycles. The summed E-state index contributed by atoms with van der Waals surface area (Å²) in [6.07, 6.45) is -1.35. The van der Waals surface area contributed by atoms with Gasteiger partial charge in [0.2, 0.25) is 0 Å². The fourth-order valence-electron chi connectivity index (χ4n) is 7.59. The molecule has 0 unspecified atom stereocenters. The van der Waals surface area contributed by atoms with Gasteiger partial charge in [0, 0.05) is 10.8 Å². The monoisotopic (exact) mass is 898 g/mol. The zero-order valence-corrected chi connectivity index (χ0v) is 41.0. The zero-order valence-electron chi connectivity index (χ0n) is 41.0. The highest BCUT2D eigenvalue weighted by Crippen LogP contribution is 2.44. The van der Waals surface area contributed by atoms with Gasteiger partial charge < -0.3 is 28.4 Å². The third-order valence-electron chi connectivity index (χ3n) is 10.7. The first-order valence-corrected chi connectivity index (χ1v) is 22.3. The van der Waals surface area contributed by atoms with Crippen LogP contribution in [0.4, 0.5) is 9.59 Å². The molecule has 0 amide bonds. The van der Waals surface area contributed by atoms with Gasteiger partial charge in [0.15, 0.2) is 0 Å². The van der Waals surface area contributed by atoms with E-state index in [9.17, 15) is 19.2 Å². The van der Waals surface area contributed by atoms with Crippen LogP contribution in [0.1, 0.15) is 141 Å². The fraction of sp³-hybridized carbons (Fsp3) is 0.393. The Morgan fingerprint density at radius 3 is 0.894 bits per heavy atom. The van der Waals surface area contributed by atoms with Crippen LogP contribution in [0.5, 0.6) is 11.5 Å². The van der Waals surface area contributed by atoms with E-state index in [-0.39, 0.29) is 24.8 Å². The maximum Gasteiger partial charge on any atom is 0.514 e. The lowest BCUT2D eigenvalue weighted by Gasteiger charge is -2.36. The van der Waals surface area contributed by atoms with Gasteiger partial charge in [-0.05, 0) is 166 Å². The first-order valence-electron chi connectivity index (χ1n) is 22.3. The molecule has 0 saturated carbocycles. The largest absolute Gasteiger partial charge is 0.514 e. The Morgan fingerprint density at radius 1 is 0.348 bits per heavy atom. The van der Waals surface area contributed by atoms with Crippen LogP contribution in [-0.2, 0) is 52.2 Å². The molecular weight excluding hydrogens is 833 g/mol. The quantitative estimate of drug-likeness (QED) is 0.0517. The van der Waals surface area contributed by atoms with Crippen LogP contribution in [0.15, 0.2) is 121 Å². The van der Waals surface area contributed by atoms with Crippen LogP contribution in [0, 0.1) is 0 Å². The second-order valence-corrected chi connectivity index (χ2v) is 20.9. The maximum absolute atomic E-state index is 12.8. The molecule has 0 aliphatic heterocycles. The van der Waals surface area contributed by atoms with Gasteiger partial charge in [-0.25, -0.2) is 9.59 Å². The Morgan fingerprint density at radius 2 is 0.621 bits per heavy atom. The molecule has 350 valence electrons. The van der Waals surface area contributed by atoms with Gasteiger partial charge in [-0.1, -0.05) is 97.1 Å². The number of carbonyl (C=O) groups is 4. The van der Waals surface area contributed by atoms with Crippen molar-refractivity contribution in [1.82, 2.24) is 0 Å². The highest BCUT2D eigenvalue weighted by molar-refractivity contribution is 5.74. The fourth-order valence-corrected chi connectivity index (χ4v) is 7.59. The van der Waals surface area contributed by atoms with Crippen LogP contribution < -0.4 is 9.47 Å². The first-order chi connectivity index (χ1) is 30.5. The molecule has 5 aromatic rings. The van der Waals surface area contributed by atoms with Gasteiger partial charge in [-0.2, -0.15) is 0 Å². The normalized spacial score (nSPS) is 12.5. The first kappa shape index (κ1) is 50.6. The van der Waals surface area contributed by atoms with Crippen molar-refractivity contribution in [1.29, 1.82) is 0 Å². The van der Waals surface area contributed by atoms with E-state index in [1.807, 2.05) is 120 Å². The summed E-state index contributed by atoms with van der Waals surface area (Å²) in [4.78, 5) is 50.9. The van der Waals surface area contributed by atoms with Gasteiger partial charge in [-0.3, -0.25) is 9.59 Å². The number of ether oxygens (including phenoxy) is 6. The molecule has 66 heavy (non-hydrogen) atoms. The van der Waals surface area contributed by atoms with Crippen LogP contribution in [0.2, 0.25) is 0 Å². The number of esters is 2. The Labute approximate surface area is 390 Å². The smallest absolute Gasteiger partial charge is 0.460 e. The molecule has 0 heterocycles. The van der Waals surface area contributed by atoms with Crippen molar-refractivity contribution in [3.05, 3.63) is 166 Å². The summed E-state index contributed by atoms with van der Waals surface area (Å²) >= 11 is 0. The lowest BCUT2D eigenvalue weighted by molar-refractivity contribution is -0.155. The number of rotatable bonds is 12. The third kappa shape index (κ3) is 13.8. The standard InChI is InChI=1S/C56H66O10/c1-51(2,3)63-47(57)34-37-18-22-39(23-19-37)55(13,40-24-20-38(21-25-40)35-48(58)64-52(4,5)6)43-16-15-17-44(36-43)56(14,41-26-30-45(31-27-41)61-49(59)65-53(7,8)9)42-28-32-46(33-29-42)62-50(60)66-54(10,11)12/h15-33,36H,34-35H2,1-14H3. The van der Waals surface area contributed by atoms with E-state index < -0.39 is 45.5 Å². The Bertz CT molecular complexity index is 2150. The molecule has 0 bridgehead atoms. The molecule has 5 rings (SSSR count). The summed E-state index contributed by atoms with van der Waals surface area (Å²) in [5.41, 5.74) is 3.06. The summed E-state index contributed by atoms with van der Waals surface area (Å²) < 4.78 is 33.1. The van der Waals surface area contributed by atoms with Crippen molar-refractivity contribution in [2.75, 3.05) is 0 Å². The molecule has 10 nitrogen and oxygen atoms in total. The van der Waals surface area contributed by atoms with Crippen molar-refractivity contribution in [2.24, 2.45) is 0 Å². The molecule has 0 radical (unpaired) electrons. The lowest BCUT2D eigenvalue weighted by Crippen LogP contribution is -2.29. The predicted molar refractivity (Wildman–Crippen MR) is 256 cm³/mol. The predicted octanol–water partition coefficient (Wildman–Crippen LogP) is 12.8. The molecule has 0 N–H and O–H groups in total. The second kappa shape index (κ2) is 19.6. The minimum absolute atomic E-state index is 0.130. The molecule has 5 aromatic carbocycles. The zero-order chi connectivity index (χ0) is 48.9. The van der Waals surface area contributed by atoms with Crippen molar-refractivity contribution >= 4 is 24.2 Å². The van der Waals surface area contributed by atoms with Crippen molar-refractivity contribution in [2.45, 2.75) is 143 Å². The molecule has 0 atom stereocenters. The molecule has 0 aliphatic rings. The second-order valence-electron chi connectivity index (χ2n) is 20.9. The Balaban J connectivity index is 1.63. The topological polar surface area (TPSA) is 124 Å². The van der Waals surface area contributed by atoms with E-state index in [1.54, 1.807) is 65.8 Å². The Kier molecular flexibility index (Phi) is 15.0. The molecule has 0 aliphatic carbocycles. The van der Waals surface area contributed by atoms with Crippen molar-refractivity contribution in [3.63, 3.8) is 0 Å². The van der Waals surface area contributed by atoms with Gasteiger partial charge in [0.25, 0.3) is 0 Å². The highest BCUT2D eigenvalue weighted by atomic mass is 16.7. The van der Waals surface area contributed by atoms with Crippen LogP contribution in [-0.4, -0.2) is 46.7 Å². The number of hydrogen-bond acceptors (Lipinski definition) is 10. The van der Waals surface area contributed by atoms with E-state index >= 15 is 0 Å². The Hall–Kier alpha value is -6.42. The van der Waals surface area contributed by atoms with E-state index in [0.717, 1.165) is 44.5 Å². The minimum Gasteiger partial charge on any atom is -0.460 e. The molecule has 10 heteroatoms. The summed E-state index contributed by atoms with van der Waals surface area (Å²) in [5.74, 6) is 0.0323. The van der Waals surface area contributed by atoms with E-state index in [0.29, 0.717) is 11.5 Å². The lowest BCUT2D eigenvalue weighted by atomic mass is 9.67. The van der Waals surface area contributed by atoms with E-state index in [1.165, 1.54) is 0 Å². The molecule has 0 fully saturated rings. The van der Waals surface area contributed by atoms with Crippen LogP contribution in [0.25, 0.3) is 0 Å². The van der Waals surface area contributed by atoms with E-state index in [4.69, 9.17) is 28.4 Å². The molecule has 0 spiro atoms. The SMILES string of the molecule is CC(C)(C)OC(=O)Cc1ccc(C(C)(c2ccc(CC(=O)OC(C)(C)C)cc2)c2cccc(C(C)(c3ccc(OC(=O)OC(C)(C)C)cc3)c3ccc(OC(=O)OC(C)(C)C)cc3)c2)cc1. The minimum atomic E-state index is -0.819. The van der Waals surface area contributed by atoms with Crippen molar-refractivity contribution < 1.29 is 47.6 Å². The highest BCUT2D eigenvalue weighted by Gasteiger charge is 2.36. The average Bonchev–Trinajstić information content (AvgIpc) is 3.18. The van der Waals surface area contributed by atoms with Gasteiger partial charge in [0.05, 0.1) is 12.8 Å². The molecule has 0 aromatic heterocycles.